The average Bonchev–Trinajstić information content (AvgIpc) is 2.42. The monoisotopic (exact) mass is 364 g/mol. The van der Waals surface area contributed by atoms with Crippen LogP contribution in [-0.2, 0) is 4.79 Å². The zero-order valence-electron chi connectivity index (χ0n) is 12.6. The van der Waals surface area contributed by atoms with Crippen molar-refractivity contribution in [2.75, 3.05) is 0 Å². The molecule has 0 spiro atoms. The van der Waals surface area contributed by atoms with Gasteiger partial charge in [0.15, 0.2) is 0 Å². The van der Waals surface area contributed by atoms with Crippen LogP contribution in [0.5, 0.6) is 0 Å². The van der Waals surface area contributed by atoms with E-state index in [-0.39, 0.29) is 0 Å². The first-order valence-electron chi connectivity index (χ1n) is 6.77. The van der Waals surface area contributed by atoms with Crippen LogP contribution in [0.25, 0.3) is 10.8 Å². The van der Waals surface area contributed by atoms with Gasteiger partial charge in [-0.3, -0.25) is 9.78 Å². The Morgan fingerprint density at radius 3 is 2.55 bits per heavy atom. The van der Waals surface area contributed by atoms with Gasteiger partial charge in [-0.2, -0.15) is 0 Å². The Kier molecular flexibility index (Phi) is 4.51. The number of aromatic nitrogens is 1. The van der Waals surface area contributed by atoms with Crippen LogP contribution in [-0.4, -0.2) is 28.0 Å². The molecule has 6 heteroatoms. The minimum Gasteiger partial charge on any atom is -0.480 e. The fourth-order valence-electron chi connectivity index (χ4n) is 2.14. The summed E-state index contributed by atoms with van der Waals surface area (Å²) in [5, 5.41) is 13.6. The van der Waals surface area contributed by atoms with Gasteiger partial charge in [0.1, 0.15) is 6.04 Å². The number of rotatable bonds is 3. The lowest BCUT2D eigenvalue weighted by molar-refractivity contribution is -0.142. The van der Waals surface area contributed by atoms with Crippen molar-refractivity contribution in [2.45, 2.75) is 26.8 Å². The van der Waals surface area contributed by atoms with Crippen LogP contribution in [0.2, 0.25) is 0 Å². The second-order valence-electron chi connectivity index (χ2n) is 6.17. The van der Waals surface area contributed by atoms with Crippen molar-refractivity contribution in [3.63, 3.8) is 0 Å². The molecule has 0 radical (unpaired) electrons. The van der Waals surface area contributed by atoms with Crippen LogP contribution < -0.4 is 5.32 Å². The number of carbonyl (C=O) groups is 2. The molecule has 1 aromatic heterocycles. The van der Waals surface area contributed by atoms with Gasteiger partial charge in [-0.25, -0.2) is 4.79 Å². The second-order valence-corrected chi connectivity index (χ2v) is 7.02. The third-order valence-electron chi connectivity index (χ3n) is 3.36. The first kappa shape index (κ1) is 16.4. The molecule has 22 heavy (non-hydrogen) atoms. The Balaban J connectivity index is 2.32. The summed E-state index contributed by atoms with van der Waals surface area (Å²) < 4.78 is 0.843. The Bertz CT molecular complexity index is 738. The predicted molar refractivity (Wildman–Crippen MR) is 87.8 cm³/mol. The maximum absolute atomic E-state index is 12.3. The lowest BCUT2D eigenvalue weighted by Gasteiger charge is -2.27. The van der Waals surface area contributed by atoms with E-state index in [2.05, 4.69) is 26.2 Å². The number of carbonyl (C=O) groups excluding carboxylic acids is 1. The molecule has 1 amide bonds. The van der Waals surface area contributed by atoms with Gasteiger partial charge in [0.05, 0.1) is 0 Å². The maximum atomic E-state index is 12.3. The number of aliphatic carboxylic acids is 1. The molecule has 0 fully saturated rings. The van der Waals surface area contributed by atoms with Crippen LogP contribution in [0.4, 0.5) is 0 Å². The Hall–Kier alpha value is -1.95. The summed E-state index contributed by atoms with van der Waals surface area (Å²) in [6, 6.07) is 4.22. The van der Waals surface area contributed by atoms with Crippen LogP contribution >= 0.6 is 15.9 Å². The molecule has 5 nitrogen and oxygen atoms in total. The smallest absolute Gasteiger partial charge is 0.326 e. The number of amides is 1. The summed E-state index contributed by atoms with van der Waals surface area (Å²) in [4.78, 5) is 27.7. The number of carboxylic acids is 1. The van der Waals surface area contributed by atoms with Crippen molar-refractivity contribution >= 4 is 38.6 Å². The summed E-state index contributed by atoms with van der Waals surface area (Å²) in [6.07, 6.45) is 3.34. The number of hydrogen-bond acceptors (Lipinski definition) is 3. The summed E-state index contributed by atoms with van der Waals surface area (Å²) >= 11 is 3.40. The van der Waals surface area contributed by atoms with E-state index >= 15 is 0 Å². The van der Waals surface area contributed by atoms with Crippen LogP contribution in [0.15, 0.2) is 35.1 Å². The van der Waals surface area contributed by atoms with Crippen LogP contribution in [0.1, 0.15) is 31.1 Å². The highest BCUT2D eigenvalue weighted by atomic mass is 79.9. The highest BCUT2D eigenvalue weighted by Gasteiger charge is 2.32. The van der Waals surface area contributed by atoms with Crippen molar-refractivity contribution in [3.8, 4) is 0 Å². The predicted octanol–water partition coefficient (Wildman–Crippen LogP) is 3.23. The van der Waals surface area contributed by atoms with Gasteiger partial charge in [-0.05, 0) is 38.9 Å². The van der Waals surface area contributed by atoms with E-state index in [1.54, 1.807) is 45.3 Å². The zero-order valence-corrected chi connectivity index (χ0v) is 14.1. The molecule has 116 valence electrons. The molecule has 0 bridgehead atoms. The topological polar surface area (TPSA) is 79.3 Å². The lowest BCUT2D eigenvalue weighted by Crippen LogP contribution is -2.49. The Labute approximate surface area is 136 Å². The number of pyridine rings is 1. The summed E-state index contributed by atoms with van der Waals surface area (Å²) in [6.45, 7) is 5.31. The molecule has 0 unspecified atom stereocenters. The SMILES string of the molecule is CC(C)(C)[C@H](NC(=O)c1ccc2c(Br)cncc2c1)C(=O)O. The zero-order chi connectivity index (χ0) is 16.5. The second kappa shape index (κ2) is 6.04. The first-order valence-corrected chi connectivity index (χ1v) is 7.56. The average molecular weight is 365 g/mol. The van der Waals surface area contributed by atoms with Crippen molar-refractivity contribution < 1.29 is 14.7 Å². The molecule has 2 aromatic rings. The normalized spacial score (nSPS) is 12.9. The van der Waals surface area contributed by atoms with E-state index < -0.39 is 23.3 Å². The molecule has 2 N–H and O–H groups in total. The molecule has 1 atom stereocenters. The lowest BCUT2D eigenvalue weighted by atomic mass is 9.86. The van der Waals surface area contributed by atoms with E-state index in [4.69, 9.17) is 0 Å². The number of benzene rings is 1. The molecular formula is C16H17BrN2O3. The molecule has 0 saturated heterocycles. The standard InChI is InChI=1S/C16H17BrN2O3/c1-16(2,3)13(15(21)22)19-14(20)9-4-5-11-10(6-9)7-18-8-12(11)17/h4-8,13H,1-3H3,(H,19,20)(H,21,22)/t13-/m1/s1. The number of hydrogen-bond donors (Lipinski definition) is 2. The summed E-state index contributed by atoms with van der Waals surface area (Å²) in [7, 11) is 0. The summed E-state index contributed by atoms with van der Waals surface area (Å²) in [5.74, 6) is -1.46. The quantitative estimate of drug-likeness (QED) is 0.875. The third-order valence-corrected chi connectivity index (χ3v) is 3.99. The van der Waals surface area contributed by atoms with E-state index in [9.17, 15) is 14.7 Å². The molecule has 2 rings (SSSR count). The molecule has 0 aliphatic heterocycles. The van der Waals surface area contributed by atoms with Gasteiger partial charge in [0.25, 0.3) is 5.91 Å². The largest absolute Gasteiger partial charge is 0.480 e. The number of carboxylic acid groups (broad SMARTS) is 1. The van der Waals surface area contributed by atoms with Gasteiger partial charge in [-0.15, -0.1) is 0 Å². The van der Waals surface area contributed by atoms with Crippen molar-refractivity contribution in [1.82, 2.24) is 10.3 Å². The molecule has 1 aromatic carbocycles. The number of halogens is 1. The fraction of sp³-hybridized carbons (Fsp3) is 0.312. The Morgan fingerprint density at radius 1 is 1.27 bits per heavy atom. The van der Waals surface area contributed by atoms with Crippen molar-refractivity contribution in [2.24, 2.45) is 5.41 Å². The maximum Gasteiger partial charge on any atom is 0.326 e. The fourth-order valence-corrected chi connectivity index (χ4v) is 2.62. The molecule has 0 saturated carbocycles. The van der Waals surface area contributed by atoms with Crippen molar-refractivity contribution in [1.29, 1.82) is 0 Å². The molecule has 0 aliphatic rings. The van der Waals surface area contributed by atoms with Gasteiger partial charge < -0.3 is 10.4 Å². The van der Waals surface area contributed by atoms with Crippen LogP contribution in [0, 0.1) is 5.41 Å². The van der Waals surface area contributed by atoms with Gasteiger partial charge in [-0.1, -0.05) is 26.8 Å². The van der Waals surface area contributed by atoms with Gasteiger partial charge in [0.2, 0.25) is 0 Å². The number of nitrogens with one attached hydrogen (secondary N) is 1. The third kappa shape index (κ3) is 3.44. The first-order chi connectivity index (χ1) is 10.2. The summed E-state index contributed by atoms with van der Waals surface area (Å²) in [5.41, 5.74) is -0.175. The van der Waals surface area contributed by atoms with Gasteiger partial charge in [0, 0.05) is 27.8 Å². The van der Waals surface area contributed by atoms with E-state index in [0.717, 1.165) is 15.2 Å². The van der Waals surface area contributed by atoms with E-state index in [1.165, 1.54) is 0 Å². The van der Waals surface area contributed by atoms with Crippen molar-refractivity contribution in [3.05, 3.63) is 40.6 Å². The van der Waals surface area contributed by atoms with E-state index in [0.29, 0.717) is 5.56 Å². The van der Waals surface area contributed by atoms with E-state index in [1.807, 2.05) is 6.07 Å². The molecule has 0 aliphatic carbocycles. The van der Waals surface area contributed by atoms with Crippen LogP contribution in [0.3, 0.4) is 0 Å². The number of fused-ring (bicyclic) bond motifs is 1. The minimum absolute atomic E-state index is 0.405. The molecular weight excluding hydrogens is 348 g/mol. The highest BCUT2D eigenvalue weighted by Crippen LogP contribution is 2.24. The Morgan fingerprint density at radius 2 is 1.95 bits per heavy atom. The number of nitrogens with zero attached hydrogens (tertiary/aromatic N) is 1. The minimum atomic E-state index is -1.05. The molecule has 1 heterocycles. The van der Waals surface area contributed by atoms with Gasteiger partial charge >= 0.3 is 5.97 Å². The highest BCUT2D eigenvalue weighted by molar-refractivity contribution is 9.10.